The van der Waals surface area contributed by atoms with E-state index in [9.17, 15) is 9.59 Å². The number of pyridine rings is 1. The Kier molecular flexibility index (Phi) is 11.1. The fraction of sp³-hybridized carbons (Fsp3) is 0.459. The van der Waals surface area contributed by atoms with Crippen LogP contribution in [0, 0.1) is 0 Å². The predicted molar refractivity (Wildman–Crippen MR) is 190 cm³/mol. The average Bonchev–Trinajstić information content (AvgIpc) is 3.72. The molecule has 2 fully saturated rings. The van der Waals surface area contributed by atoms with Gasteiger partial charge >= 0.3 is 0 Å². The summed E-state index contributed by atoms with van der Waals surface area (Å²) in [4.78, 5) is 33.8. The number of fused-ring (bicyclic) bond motifs is 1. The van der Waals surface area contributed by atoms with Crippen LogP contribution in [0.2, 0.25) is 5.02 Å². The summed E-state index contributed by atoms with van der Waals surface area (Å²) in [6.07, 6.45) is 5.58. The largest absolute Gasteiger partial charge is 0.381 e. The normalized spacial score (nSPS) is 17.2. The van der Waals surface area contributed by atoms with E-state index in [4.69, 9.17) is 27.1 Å². The molecule has 10 nitrogen and oxygen atoms in total. The fourth-order valence-corrected chi connectivity index (χ4v) is 7.00. The van der Waals surface area contributed by atoms with Crippen molar-refractivity contribution in [1.29, 1.82) is 0 Å². The van der Waals surface area contributed by atoms with E-state index in [0.29, 0.717) is 23.6 Å². The summed E-state index contributed by atoms with van der Waals surface area (Å²) in [6.45, 7) is 9.31. The number of hydrogen-bond donors (Lipinski definition) is 3. The van der Waals surface area contributed by atoms with Gasteiger partial charge in [-0.25, -0.2) is 9.67 Å². The number of carbonyl (C=O) groups is 2. The number of nitrogens with zero attached hydrogens (tertiary/aromatic N) is 4. The van der Waals surface area contributed by atoms with Gasteiger partial charge in [0.15, 0.2) is 11.4 Å². The van der Waals surface area contributed by atoms with Gasteiger partial charge in [-0.15, -0.1) is 0 Å². The molecule has 2 aliphatic heterocycles. The number of ether oxygens (including phenoxy) is 1. The zero-order valence-electron chi connectivity index (χ0n) is 27.9. The molecule has 0 radical (unpaired) electrons. The Bertz CT molecular complexity index is 1770. The van der Waals surface area contributed by atoms with Gasteiger partial charge in [-0.3, -0.25) is 14.5 Å². The number of aryl methyl sites for hydroxylation is 2. The van der Waals surface area contributed by atoms with Crippen molar-refractivity contribution in [2.75, 3.05) is 31.6 Å². The second kappa shape index (κ2) is 15.6. The monoisotopic (exact) mass is 671 g/mol. The molecule has 11 heteroatoms. The Morgan fingerprint density at radius 2 is 1.92 bits per heavy atom. The number of carbonyl (C=O) groups excluding carboxylic acids is 2. The lowest BCUT2D eigenvalue weighted by molar-refractivity contribution is -0.121. The Morgan fingerprint density at radius 3 is 2.67 bits per heavy atom. The van der Waals surface area contributed by atoms with Gasteiger partial charge in [0.2, 0.25) is 5.91 Å². The lowest BCUT2D eigenvalue weighted by atomic mass is 9.98. The number of ketones is 1. The Balaban J connectivity index is 1.12. The van der Waals surface area contributed by atoms with Gasteiger partial charge in [-0.1, -0.05) is 36.7 Å². The number of nitrogens with one attached hydrogen (secondary N) is 2. The summed E-state index contributed by atoms with van der Waals surface area (Å²) in [6, 6.07) is 14.1. The van der Waals surface area contributed by atoms with Crippen LogP contribution in [0.4, 0.5) is 5.69 Å². The minimum Gasteiger partial charge on any atom is -0.381 e. The van der Waals surface area contributed by atoms with Crippen molar-refractivity contribution in [3.63, 3.8) is 0 Å². The second-order valence-electron chi connectivity index (χ2n) is 12.9. The molecule has 48 heavy (non-hydrogen) atoms. The van der Waals surface area contributed by atoms with Crippen LogP contribution >= 0.6 is 11.6 Å². The van der Waals surface area contributed by atoms with Gasteiger partial charge in [0.05, 0.1) is 17.3 Å². The molecule has 6 rings (SSSR count). The van der Waals surface area contributed by atoms with E-state index in [1.54, 1.807) is 12.1 Å². The number of rotatable bonds is 13. The maximum absolute atomic E-state index is 13.3. The number of halogens is 1. The van der Waals surface area contributed by atoms with Crippen molar-refractivity contribution in [3.05, 3.63) is 76.1 Å². The summed E-state index contributed by atoms with van der Waals surface area (Å²) in [5.74, 6) is -0.285. The smallest absolute Gasteiger partial charge is 0.220 e. The molecule has 4 N–H and O–H groups in total. The molecule has 0 unspecified atom stereocenters. The minimum atomic E-state index is -0.185. The quantitative estimate of drug-likeness (QED) is 0.154. The summed E-state index contributed by atoms with van der Waals surface area (Å²) < 4.78 is 7.48. The van der Waals surface area contributed by atoms with Crippen LogP contribution in [-0.4, -0.2) is 69.7 Å². The topological polar surface area (TPSA) is 127 Å². The van der Waals surface area contributed by atoms with E-state index < -0.39 is 0 Å². The number of likely N-dealkylation sites (tertiary alicyclic amines) is 1. The highest BCUT2D eigenvalue weighted by molar-refractivity contribution is 6.33. The third kappa shape index (κ3) is 7.89. The molecule has 0 aliphatic carbocycles. The molecule has 2 aromatic heterocycles. The molecule has 2 saturated heterocycles. The van der Waals surface area contributed by atoms with E-state index >= 15 is 0 Å². The number of nitrogens with two attached hydrogens (primary N) is 1. The fourth-order valence-electron chi connectivity index (χ4n) is 6.77. The third-order valence-electron chi connectivity index (χ3n) is 9.46. The van der Waals surface area contributed by atoms with Crippen molar-refractivity contribution in [2.24, 2.45) is 5.73 Å². The molecule has 1 atom stereocenters. The number of amides is 1. The van der Waals surface area contributed by atoms with Crippen LogP contribution < -0.4 is 16.4 Å². The number of anilines is 1. The summed E-state index contributed by atoms with van der Waals surface area (Å²) in [5.41, 5.74) is 13.3. The van der Waals surface area contributed by atoms with Crippen molar-refractivity contribution in [2.45, 2.75) is 84.1 Å². The highest BCUT2D eigenvalue weighted by atomic mass is 35.5. The van der Waals surface area contributed by atoms with E-state index in [-0.39, 0.29) is 36.6 Å². The Hall–Kier alpha value is -3.83. The molecule has 0 spiro atoms. The van der Waals surface area contributed by atoms with Crippen LogP contribution in [0.25, 0.3) is 22.2 Å². The van der Waals surface area contributed by atoms with Crippen LogP contribution in [0.3, 0.4) is 0 Å². The number of aromatic nitrogens is 3. The third-order valence-corrected chi connectivity index (χ3v) is 9.79. The highest BCUT2D eigenvalue weighted by Crippen LogP contribution is 2.32. The molecule has 2 aliphatic rings. The van der Waals surface area contributed by atoms with Gasteiger partial charge < -0.3 is 21.1 Å². The summed E-state index contributed by atoms with van der Waals surface area (Å²) >= 11 is 6.62. The molecule has 2 aromatic carbocycles. The Labute approximate surface area is 287 Å². The summed E-state index contributed by atoms with van der Waals surface area (Å²) in [5, 5.41) is 12.9. The molecular formula is C37H46ClN7O3. The first-order valence-electron chi connectivity index (χ1n) is 17.2. The van der Waals surface area contributed by atoms with Crippen LogP contribution in [0.1, 0.15) is 73.1 Å². The zero-order valence-corrected chi connectivity index (χ0v) is 28.7. The number of Topliss-reactive ketones (excluding diaryl/α,β-unsaturated/α-hetero) is 1. The zero-order chi connectivity index (χ0) is 33.6. The van der Waals surface area contributed by atoms with E-state index in [2.05, 4.69) is 46.6 Å². The van der Waals surface area contributed by atoms with Gasteiger partial charge in [0.1, 0.15) is 0 Å². The standard InChI is InChI=1S/C37H46ClN7O3/c1-3-33-30(36(42-28-13-16-48-17-14-28)31-21-41-45(4-2)37(31)43-33)20-40-35(47)11-10-34(46)26-8-9-32(38)29(19-26)25-7-5-6-24(18-25)22-44-15-12-27(39)23-44/h5-9,18-19,21,27-28H,3-4,10-17,20,22-23,39H2,1-2H3,(H,40,47)(H,42,43)/t27-/m0/s1. The lowest BCUT2D eigenvalue weighted by Crippen LogP contribution is -2.30. The maximum Gasteiger partial charge on any atom is 0.220 e. The van der Waals surface area contributed by atoms with Gasteiger partial charge in [-0.2, -0.15) is 5.10 Å². The van der Waals surface area contributed by atoms with E-state index in [1.165, 1.54) is 5.56 Å². The molecule has 1 amide bonds. The van der Waals surface area contributed by atoms with Gasteiger partial charge in [-0.05, 0) is 68.0 Å². The molecule has 0 saturated carbocycles. The van der Waals surface area contributed by atoms with E-state index in [1.807, 2.05) is 29.1 Å². The number of benzene rings is 2. The molecule has 0 bridgehead atoms. The average molecular weight is 672 g/mol. The van der Waals surface area contributed by atoms with Crippen molar-refractivity contribution in [3.8, 4) is 11.1 Å². The first-order chi connectivity index (χ1) is 23.3. The highest BCUT2D eigenvalue weighted by Gasteiger charge is 2.23. The van der Waals surface area contributed by atoms with Gasteiger partial charge in [0.25, 0.3) is 0 Å². The Morgan fingerprint density at radius 1 is 1.08 bits per heavy atom. The maximum atomic E-state index is 13.3. The van der Waals surface area contributed by atoms with Gasteiger partial charge in [0, 0.05) is 98.3 Å². The first kappa shape index (κ1) is 34.0. The lowest BCUT2D eigenvalue weighted by Gasteiger charge is -2.26. The van der Waals surface area contributed by atoms with E-state index in [0.717, 1.165) is 97.8 Å². The molecular weight excluding hydrogens is 626 g/mol. The minimum absolute atomic E-state index is 0.0812. The predicted octanol–water partition coefficient (Wildman–Crippen LogP) is 5.74. The van der Waals surface area contributed by atoms with Crippen LogP contribution in [0.15, 0.2) is 48.7 Å². The van der Waals surface area contributed by atoms with Crippen LogP contribution in [0.5, 0.6) is 0 Å². The number of hydrogen-bond acceptors (Lipinski definition) is 8. The van der Waals surface area contributed by atoms with Crippen molar-refractivity contribution >= 4 is 40.0 Å². The second-order valence-corrected chi connectivity index (χ2v) is 13.3. The first-order valence-corrected chi connectivity index (χ1v) is 17.6. The molecule has 4 heterocycles. The molecule has 4 aromatic rings. The van der Waals surface area contributed by atoms with Crippen LogP contribution in [-0.2, 0) is 35.6 Å². The molecule has 254 valence electrons. The SMILES string of the molecule is CCc1nc2c(cnn2CC)c(NC2CCOCC2)c1CNC(=O)CCC(=O)c1ccc(Cl)c(-c2cccc(CN3CC[C@H](N)C3)c2)c1. The summed E-state index contributed by atoms with van der Waals surface area (Å²) in [7, 11) is 0. The van der Waals surface area contributed by atoms with Crippen molar-refractivity contribution < 1.29 is 14.3 Å². The van der Waals surface area contributed by atoms with Crippen molar-refractivity contribution in [1.82, 2.24) is 25.0 Å².